The van der Waals surface area contributed by atoms with Crippen LogP contribution in [0.4, 0.5) is 4.79 Å². The zero-order valence-electron chi connectivity index (χ0n) is 5.86. The average Bonchev–Trinajstić information content (AvgIpc) is 2.24. The molecule has 5 nitrogen and oxygen atoms in total. The maximum Gasteiger partial charge on any atom is 0.344 e. The summed E-state index contributed by atoms with van der Waals surface area (Å²) < 4.78 is 0. The first-order chi connectivity index (χ1) is 5.20. The van der Waals surface area contributed by atoms with Crippen LogP contribution >= 0.6 is 0 Å². The van der Waals surface area contributed by atoms with Gasteiger partial charge >= 0.3 is 6.03 Å². The van der Waals surface area contributed by atoms with Crippen molar-refractivity contribution in [3.05, 3.63) is 0 Å². The van der Waals surface area contributed by atoms with Crippen LogP contribution in [0.1, 0.15) is 6.42 Å². The topological polar surface area (TPSA) is 60.9 Å². The van der Waals surface area contributed by atoms with Crippen molar-refractivity contribution >= 4 is 11.8 Å². The number of fused-ring (bicyclic) bond motifs is 2. The Bertz CT molecular complexity index is 228. The van der Waals surface area contributed by atoms with E-state index in [4.69, 9.17) is 5.21 Å². The molecule has 2 amide bonds. The van der Waals surface area contributed by atoms with Gasteiger partial charge in [-0.2, -0.15) is 5.06 Å². The fourth-order valence-electron chi connectivity index (χ4n) is 1.48. The molecule has 1 unspecified atom stereocenters. The number of hydrogen-bond donors (Lipinski definition) is 1. The van der Waals surface area contributed by atoms with E-state index in [9.17, 15) is 9.59 Å². The number of urea groups is 1. The molecule has 2 heterocycles. The Morgan fingerprint density at radius 3 is 2.82 bits per heavy atom. The number of Topliss-reactive ketones (excluding diaryl/α,β-unsaturated/α-hetero) is 1. The van der Waals surface area contributed by atoms with Gasteiger partial charge in [-0.25, -0.2) is 4.79 Å². The molecule has 2 fully saturated rings. The zero-order valence-corrected chi connectivity index (χ0v) is 5.86. The van der Waals surface area contributed by atoms with Crippen LogP contribution in [0, 0.1) is 0 Å². The summed E-state index contributed by atoms with van der Waals surface area (Å²) in [5, 5.41) is 9.60. The largest absolute Gasteiger partial charge is 0.344 e. The predicted molar refractivity (Wildman–Crippen MR) is 34.0 cm³/mol. The van der Waals surface area contributed by atoms with E-state index < -0.39 is 12.1 Å². The molecule has 0 aromatic rings. The van der Waals surface area contributed by atoms with Gasteiger partial charge in [0.05, 0.1) is 6.54 Å². The lowest BCUT2D eigenvalue weighted by atomic mass is 10.1. The van der Waals surface area contributed by atoms with Crippen molar-refractivity contribution in [2.45, 2.75) is 12.5 Å². The molecule has 60 valence electrons. The van der Waals surface area contributed by atoms with Gasteiger partial charge < -0.3 is 4.90 Å². The maximum absolute atomic E-state index is 11.0. The monoisotopic (exact) mass is 156 g/mol. The molecular weight excluding hydrogens is 148 g/mol. The van der Waals surface area contributed by atoms with E-state index in [1.807, 2.05) is 0 Å². The van der Waals surface area contributed by atoms with Gasteiger partial charge in [0.15, 0.2) is 5.78 Å². The second-order valence-corrected chi connectivity index (χ2v) is 2.81. The summed E-state index contributed by atoms with van der Waals surface area (Å²) in [5.41, 5.74) is 0. The predicted octanol–water partition coefficient (Wildman–Crippen LogP) is -0.545. The Labute approximate surface area is 63.1 Å². The van der Waals surface area contributed by atoms with Gasteiger partial charge in [0.25, 0.3) is 0 Å². The molecule has 2 aliphatic rings. The quantitative estimate of drug-likeness (QED) is 0.479. The van der Waals surface area contributed by atoms with Gasteiger partial charge in [-0.15, -0.1) is 0 Å². The van der Waals surface area contributed by atoms with Gasteiger partial charge in [-0.05, 0) is 0 Å². The van der Waals surface area contributed by atoms with Gasteiger partial charge in [-0.3, -0.25) is 10.0 Å². The lowest BCUT2D eigenvalue weighted by molar-refractivity contribution is -0.133. The SMILES string of the molecule is O=C1CCN2CC1N(O)C2=O. The van der Waals surface area contributed by atoms with E-state index >= 15 is 0 Å². The Kier molecular flexibility index (Phi) is 1.17. The van der Waals surface area contributed by atoms with Crippen LogP contribution in [-0.4, -0.2) is 46.1 Å². The van der Waals surface area contributed by atoms with Gasteiger partial charge in [0.2, 0.25) is 0 Å². The summed E-state index contributed by atoms with van der Waals surface area (Å²) in [6.07, 6.45) is 0.369. The first-order valence-electron chi connectivity index (χ1n) is 3.50. The summed E-state index contributed by atoms with van der Waals surface area (Å²) in [4.78, 5) is 23.5. The lowest BCUT2D eigenvalue weighted by Gasteiger charge is -2.18. The zero-order chi connectivity index (χ0) is 8.01. The highest BCUT2D eigenvalue weighted by Gasteiger charge is 2.44. The summed E-state index contributed by atoms with van der Waals surface area (Å²) in [5.74, 6) is -0.0467. The molecule has 0 radical (unpaired) electrons. The number of ketones is 1. The van der Waals surface area contributed by atoms with E-state index in [0.29, 0.717) is 24.6 Å². The number of carbonyl (C=O) groups is 2. The van der Waals surface area contributed by atoms with E-state index in [1.54, 1.807) is 0 Å². The third-order valence-electron chi connectivity index (χ3n) is 2.15. The third-order valence-corrected chi connectivity index (χ3v) is 2.15. The van der Waals surface area contributed by atoms with Gasteiger partial charge in [-0.1, -0.05) is 0 Å². The van der Waals surface area contributed by atoms with Crippen molar-refractivity contribution in [1.82, 2.24) is 9.96 Å². The van der Waals surface area contributed by atoms with Crippen molar-refractivity contribution in [2.24, 2.45) is 0 Å². The van der Waals surface area contributed by atoms with Gasteiger partial charge in [0, 0.05) is 13.0 Å². The van der Waals surface area contributed by atoms with Crippen LogP contribution in [0.25, 0.3) is 0 Å². The number of carbonyl (C=O) groups excluding carboxylic acids is 2. The highest BCUT2D eigenvalue weighted by Crippen LogP contribution is 2.20. The third kappa shape index (κ3) is 0.742. The van der Waals surface area contributed by atoms with Crippen LogP contribution in [0.2, 0.25) is 0 Å². The summed E-state index contributed by atoms with van der Waals surface area (Å²) in [6, 6.07) is -1.04. The van der Waals surface area contributed by atoms with Gasteiger partial charge in [0.1, 0.15) is 6.04 Å². The number of rotatable bonds is 0. The van der Waals surface area contributed by atoms with Crippen molar-refractivity contribution < 1.29 is 14.8 Å². The molecule has 2 rings (SSSR count). The molecule has 1 N–H and O–H groups in total. The van der Waals surface area contributed by atoms with E-state index in [-0.39, 0.29) is 5.78 Å². The summed E-state index contributed by atoms with van der Waals surface area (Å²) in [7, 11) is 0. The van der Waals surface area contributed by atoms with Crippen LogP contribution in [-0.2, 0) is 4.79 Å². The van der Waals surface area contributed by atoms with Crippen LogP contribution in [0.15, 0.2) is 0 Å². The number of hydroxylamine groups is 2. The maximum atomic E-state index is 11.0. The minimum atomic E-state index is -0.601. The van der Waals surface area contributed by atoms with Crippen molar-refractivity contribution in [3.63, 3.8) is 0 Å². The van der Waals surface area contributed by atoms with Crippen molar-refractivity contribution in [1.29, 1.82) is 0 Å². The molecule has 1 atom stereocenters. The Hall–Kier alpha value is -1.10. The molecule has 0 aromatic heterocycles. The molecule has 0 saturated carbocycles. The summed E-state index contributed by atoms with van der Waals surface area (Å²) >= 11 is 0. The minimum absolute atomic E-state index is 0.0467. The Morgan fingerprint density at radius 1 is 1.45 bits per heavy atom. The van der Waals surface area contributed by atoms with Crippen molar-refractivity contribution in [3.8, 4) is 0 Å². The van der Waals surface area contributed by atoms with Crippen LogP contribution < -0.4 is 0 Å². The molecule has 11 heavy (non-hydrogen) atoms. The molecule has 0 aromatic carbocycles. The van der Waals surface area contributed by atoms with E-state index in [2.05, 4.69) is 0 Å². The molecule has 2 saturated heterocycles. The first-order valence-corrected chi connectivity index (χ1v) is 3.50. The van der Waals surface area contributed by atoms with E-state index in [1.165, 1.54) is 4.90 Å². The number of amides is 2. The molecular formula is C6H8N2O3. The first kappa shape index (κ1) is 6.60. The molecule has 0 aliphatic carbocycles. The number of hydrogen-bond acceptors (Lipinski definition) is 3. The normalized spacial score (nSPS) is 30.1. The van der Waals surface area contributed by atoms with Crippen LogP contribution in [0.5, 0.6) is 0 Å². The minimum Gasteiger partial charge on any atom is -0.320 e. The van der Waals surface area contributed by atoms with Crippen molar-refractivity contribution in [2.75, 3.05) is 13.1 Å². The Balaban J connectivity index is 2.29. The lowest BCUT2D eigenvalue weighted by Crippen LogP contribution is -2.38. The standard InChI is InChI=1S/C6H8N2O3/c9-5-1-2-7-3-4(5)8(11)6(7)10/h4,11H,1-3H2. The molecule has 5 heteroatoms. The second-order valence-electron chi connectivity index (χ2n) is 2.81. The molecule has 0 spiro atoms. The molecule has 2 bridgehead atoms. The second kappa shape index (κ2) is 1.94. The number of piperidine rings is 1. The average molecular weight is 156 g/mol. The Morgan fingerprint density at radius 2 is 2.18 bits per heavy atom. The highest BCUT2D eigenvalue weighted by molar-refractivity contribution is 5.93. The van der Waals surface area contributed by atoms with Crippen LogP contribution in [0.3, 0.4) is 0 Å². The molecule has 2 aliphatic heterocycles. The highest BCUT2D eigenvalue weighted by atomic mass is 16.5. The summed E-state index contributed by atoms with van der Waals surface area (Å²) in [6.45, 7) is 0.805. The smallest absolute Gasteiger partial charge is 0.320 e. The van der Waals surface area contributed by atoms with E-state index in [0.717, 1.165) is 0 Å². The fraction of sp³-hybridized carbons (Fsp3) is 0.667. The number of nitrogens with zero attached hydrogens (tertiary/aromatic N) is 2. The fourth-order valence-corrected chi connectivity index (χ4v) is 1.48.